The molecule has 1 fully saturated rings. The van der Waals surface area contributed by atoms with Crippen LogP contribution in [-0.4, -0.2) is 50.0 Å². The molecule has 2 N–H and O–H groups in total. The normalized spacial score (nSPS) is 24.9. The largest absolute Gasteiger partial charge is 0.487 e. The summed E-state index contributed by atoms with van der Waals surface area (Å²) in [5.74, 6) is 0.916. The number of nitrogens with one attached hydrogen (secondary N) is 1. The average Bonchev–Trinajstić information content (AvgIpc) is 3.10. The van der Waals surface area contributed by atoms with Crippen LogP contribution >= 0.6 is 0 Å². The number of rotatable bonds is 6. The van der Waals surface area contributed by atoms with Gasteiger partial charge in [0.05, 0.1) is 19.1 Å². The number of hydrogen-bond donors (Lipinski definition) is 2. The minimum atomic E-state index is -0.434. The topological polar surface area (TPSA) is 71.0 Å². The molecule has 0 saturated carbocycles. The van der Waals surface area contributed by atoms with Gasteiger partial charge in [-0.2, -0.15) is 0 Å². The van der Waals surface area contributed by atoms with Gasteiger partial charge < -0.3 is 24.8 Å². The number of aliphatic hydroxyl groups is 1. The van der Waals surface area contributed by atoms with Crippen LogP contribution in [0.15, 0.2) is 48.5 Å². The fourth-order valence-electron chi connectivity index (χ4n) is 4.23. The average molecular weight is 396 g/mol. The van der Waals surface area contributed by atoms with Crippen molar-refractivity contribution in [2.24, 2.45) is 0 Å². The first kappa shape index (κ1) is 19.7. The van der Waals surface area contributed by atoms with Crippen molar-refractivity contribution in [2.45, 2.75) is 43.6 Å². The van der Waals surface area contributed by atoms with Crippen molar-refractivity contribution < 1.29 is 19.4 Å². The van der Waals surface area contributed by atoms with Gasteiger partial charge in [0.2, 0.25) is 5.91 Å². The molecule has 0 radical (unpaired) electrons. The summed E-state index contributed by atoms with van der Waals surface area (Å²) >= 11 is 0. The van der Waals surface area contributed by atoms with Crippen LogP contribution in [0.2, 0.25) is 0 Å². The smallest absolute Gasteiger partial charge is 0.222 e. The molecule has 4 rings (SSSR count). The third-order valence-corrected chi connectivity index (χ3v) is 5.74. The van der Waals surface area contributed by atoms with Gasteiger partial charge in [0, 0.05) is 37.8 Å². The molecule has 2 aliphatic rings. The Kier molecular flexibility index (Phi) is 5.74. The molecule has 0 spiro atoms. The van der Waals surface area contributed by atoms with Gasteiger partial charge in [-0.15, -0.1) is 0 Å². The molecule has 6 heteroatoms. The highest BCUT2D eigenvalue weighted by atomic mass is 16.6. The van der Waals surface area contributed by atoms with Crippen molar-refractivity contribution in [1.29, 1.82) is 0 Å². The second-order valence-electron chi connectivity index (χ2n) is 7.99. The molecule has 2 heterocycles. The summed E-state index contributed by atoms with van der Waals surface area (Å²) in [6.07, 6.45) is 0.0765. The molecule has 1 amide bonds. The summed E-state index contributed by atoms with van der Waals surface area (Å²) in [6, 6.07) is 16.0. The van der Waals surface area contributed by atoms with Crippen molar-refractivity contribution in [3.63, 3.8) is 0 Å². The molecule has 2 aromatic rings. The zero-order valence-corrected chi connectivity index (χ0v) is 16.9. The number of nitrogens with zero attached hydrogens (tertiary/aromatic N) is 1. The Morgan fingerprint density at radius 3 is 2.72 bits per heavy atom. The van der Waals surface area contributed by atoms with E-state index in [4.69, 9.17) is 9.47 Å². The van der Waals surface area contributed by atoms with E-state index < -0.39 is 6.10 Å². The summed E-state index contributed by atoms with van der Waals surface area (Å²) in [4.78, 5) is 14.5. The van der Waals surface area contributed by atoms with Crippen LogP contribution in [0.4, 0.5) is 5.69 Å². The summed E-state index contributed by atoms with van der Waals surface area (Å²) in [5, 5.41) is 12.8. The van der Waals surface area contributed by atoms with Crippen molar-refractivity contribution >= 4 is 11.6 Å². The van der Waals surface area contributed by atoms with Crippen molar-refractivity contribution in [1.82, 2.24) is 5.32 Å². The lowest BCUT2D eigenvalue weighted by Gasteiger charge is -2.37. The molecular weight excluding hydrogens is 368 g/mol. The Labute approximate surface area is 171 Å². The molecule has 0 aromatic heterocycles. The van der Waals surface area contributed by atoms with Crippen LogP contribution in [0, 0.1) is 0 Å². The number of hydrogen-bond acceptors (Lipinski definition) is 5. The van der Waals surface area contributed by atoms with Crippen molar-refractivity contribution in [3.05, 3.63) is 59.7 Å². The molecule has 154 valence electrons. The Morgan fingerprint density at radius 2 is 2.00 bits per heavy atom. The minimum Gasteiger partial charge on any atom is -0.487 e. The number of carbonyl (C=O) groups is 1. The number of benzene rings is 2. The van der Waals surface area contributed by atoms with Gasteiger partial charge in [0.1, 0.15) is 18.0 Å². The standard InChI is InChI=1S/C23H28N2O4/c1-25(2)16-8-9-20-18(10-16)19-11-17(28-21(14-26)23(19)29-20)12-22(27)24-13-15-6-4-3-5-7-15/h3-10,17,19,21,23,26H,11-14H2,1-2H3,(H,24,27)/t17-,19-,21+,23+/m1/s1. The van der Waals surface area contributed by atoms with Gasteiger partial charge >= 0.3 is 0 Å². The number of aliphatic hydroxyl groups excluding tert-OH is 1. The van der Waals surface area contributed by atoms with E-state index in [1.54, 1.807) is 0 Å². The molecule has 6 nitrogen and oxygen atoms in total. The number of carbonyl (C=O) groups excluding carboxylic acids is 1. The van der Waals surface area contributed by atoms with Crippen LogP contribution in [0.25, 0.3) is 0 Å². The van der Waals surface area contributed by atoms with Crippen molar-refractivity contribution in [2.75, 3.05) is 25.6 Å². The molecule has 2 aliphatic heterocycles. The molecule has 0 unspecified atom stereocenters. The third kappa shape index (κ3) is 4.23. The molecule has 4 atom stereocenters. The molecule has 2 aromatic carbocycles. The van der Waals surface area contributed by atoms with Gasteiger partial charge in [0.25, 0.3) is 0 Å². The summed E-state index contributed by atoms with van der Waals surface area (Å²) in [6.45, 7) is 0.373. The number of ether oxygens (including phenoxy) is 2. The van der Waals surface area contributed by atoms with Crippen molar-refractivity contribution in [3.8, 4) is 5.75 Å². The van der Waals surface area contributed by atoms with E-state index in [9.17, 15) is 9.90 Å². The van der Waals surface area contributed by atoms with Gasteiger partial charge in [0.15, 0.2) is 0 Å². The lowest BCUT2D eigenvalue weighted by molar-refractivity contribution is -0.142. The first-order valence-electron chi connectivity index (χ1n) is 10.1. The van der Waals surface area contributed by atoms with Gasteiger partial charge in [-0.3, -0.25) is 4.79 Å². The summed E-state index contributed by atoms with van der Waals surface area (Å²) in [7, 11) is 4.02. The van der Waals surface area contributed by atoms with E-state index in [0.717, 1.165) is 22.6 Å². The fraction of sp³-hybridized carbons (Fsp3) is 0.435. The first-order chi connectivity index (χ1) is 14.0. The minimum absolute atomic E-state index is 0.0461. The van der Waals surface area contributed by atoms with E-state index in [0.29, 0.717) is 13.0 Å². The SMILES string of the molecule is CN(C)c1ccc2c(c1)[C@H]1C[C@H](CC(=O)NCc3ccccc3)O[C@@H](CO)[C@H]1O2. The van der Waals surface area contributed by atoms with Gasteiger partial charge in [-0.1, -0.05) is 30.3 Å². The summed E-state index contributed by atoms with van der Waals surface area (Å²) in [5.41, 5.74) is 3.31. The van der Waals surface area contributed by atoms with Crippen LogP contribution in [-0.2, 0) is 16.1 Å². The van der Waals surface area contributed by atoms with E-state index in [1.165, 1.54) is 0 Å². The van der Waals surface area contributed by atoms with E-state index >= 15 is 0 Å². The zero-order chi connectivity index (χ0) is 20.4. The zero-order valence-electron chi connectivity index (χ0n) is 16.9. The molecule has 1 saturated heterocycles. The van der Waals surface area contributed by atoms with E-state index in [2.05, 4.69) is 16.3 Å². The Bertz CT molecular complexity index is 855. The molecule has 29 heavy (non-hydrogen) atoms. The van der Waals surface area contributed by atoms with E-state index in [1.807, 2.05) is 56.6 Å². The number of anilines is 1. The predicted molar refractivity (Wildman–Crippen MR) is 111 cm³/mol. The number of amides is 1. The van der Waals surface area contributed by atoms with E-state index in [-0.39, 0.29) is 37.1 Å². The fourth-order valence-corrected chi connectivity index (χ4v) is 4.23. The first-order valence-corrected chi connectivity index (χ1v) is 10.1. The second-order valence-corrected chi connectivity index (χ2v) is 7.99. The highest BCUT2D eigenvalue weighted by molar-refractivity contribution is 5.76. The maximum Gasteiger partial charge on any atom is 0.222 e. The van der Waals surface area contributed by atoms with Crippen LogP contribution in [0.1, 0.15) is 29.9 Å². The number of fused-ring (bicyclic) bond motifs is 3. The lowest BCUT2D eigenvalue weighted by atomic mass is 9.84. The Hall–Kier alpha value is -2.57. The Balaban J connectivity index is 1.44. The van der Waals surface area contributed by atoms with Crippen LogP contribution in [0.5, 0.6) is 5.75 Å². The van der Waals surface area contributed by atoms with Crippen LogP contribution in [0.3, 0.4) is 0 Å². The quantitative estimate of drug-likeness (QED) is 0.785. The summed E-state index contributed by atoms with van der Waals surface area (Å²) < 4.78 is 12.1. The second kappa shape index (κ2) is 8.43. The predicted octanol–water partition coefficient (Wildman–Crippen LogP) is 2.45. The Morgan fingerprint density at radius 1 is 1.21 bits per heavy atom. The highest BCUT2D eigenvalue weighted by Crippen LogP contribution is 2.47. The monoisotopic (exact) mass is 396 g/mol. The molecule has 0 bridgehead atoms. The van der Waals surface area contributed by atoms with Gasteiger partial charge in [-0.25, -0.2) is 0 Å². The maximum atomic E-state index is 12.5. The van der Waals surface area contributed by atoms with Crippen LogP contribution < -0.4 is 15.0 Å². The molecule has 0 aliphatic carbocycles. The highest BCUT2D eigenvalue weighted by Gasteiger charge is 2.46. The molecular formula is C23H28N2O4. The van der Waals surface area contributed by atoms with Gasteiger partial charge in [-0.05, 0) is 30.2 Å². The maximum absolute atomic E-state index is 12.5. The lowest BCUT2D eigenvalue weighted by Crippen LogP contribution is -2.47. The third-order valence-electron chi connectivity index (χ3n) is 5.74.